The Balaban J connectivity index is 2.35. The van der Waals surface area contributed by atoms with Gasteiger partial charge in [-0.1, -0.05) is 18.2 Å². The molecule has 0 saturated heterocycles. The molecule has 1 aliphatic carbocycles. The van der Waals surface area contributed by atoms with Crippen LogP contribution in [0.3, 0.4) is 0 Å². The lowest BCUT2D eigenvalue weighted by Crippen LogP contribution is -2.02. The molecular formula is C14H16O. The highest BCUT2D eigenvalue weighted by molar-refractivity contribution is 5.80. The van der Waals surface area contributed by atoms with E-state index in [1.807, 2.05) is 6.92 Å². The van der Waals surface area contributed by atoms with E-state index >= 15 is 0 Å². The van der Waals surface area contributed by atoms with Gasteiger partial charge in [-0.15, -0.1) is 0 Å². The van der Waals surface area contributed by atoms with Gasteiger partial charge in [0.15, 0.2) is 0 Å². The summed E-state index contributed by atoms with van der Waals surface area (Å²) in [5.41, 5.74) is 5.20. The topological polar surface area (TPSA) is 17.1 Å². The number of hydrogen-bond donors (Lipinski definition) is 0. The van der Waals surface area contributed by atoms with Gasteiger partial charge in [0.2, 0.25) is 0 Å². The third-order valence-electron chi connectivity index (χ3n) is 3.12. The zero-order chi connectivity index (χ0) is 10.7. The van der Waals surface area contributed by atoms with Gasteiger partial charge in [0.25, 0.3) is 0 Å². The third-order valence-corrected chi connectivity index (χ3v) is 3.12. The van der Waals surface area contributed by atoms with Crippen molar-refractivity contribution in [3.8, 4) is 0 Å². The monoisotopic (exact) mass is 200 g/mol. The number of carbonyl (C=O) groups excluding carboxylic acids is 1. The van der Waals surface area contributed by atoms with E-state index in [1.165, 1.54) is 42.4 Å². The van der Waals surface area contributed by atoms with Crippen molar-refractivity contribution >= 4 is 11.9 Å². The van der Waals surface area contributed by atoms with Crippen molar-refractivity contribution in [3.05, 3.63) is 41.0 Å². The Morgan fingerprint density at radius 2 is 1.93 bits per heavy atom. The lowest BCUT2D eigenvalue weighted by atomic mass is 9.89. The van der Waals surface area contributed by atoms with E-state index < -0.39 is 0 Å². The Kier molecular flexibility index (Phi) is 3.00. The molecule has 1 heteroatoms. The lowest BCUT2D eigenvalue weighted by molar-refractivity contribution is -0.104. The molecule has 0 saturated carbocycles. The number of hydrogen-bond acceptors (Lipinski definition) is 1. The van der Waals surface area contributed by atoms with Crippen LogP contribution >= 0.6 is 0 Å². The standard InChI is InChI=1S/C14H16O/c1-11(8-9-15)13-7-6-12-4-2-3-5-14(12)10-13/h6-10H,2-5H2,1H3. The first-order valence-corrected chi connectivity index (χ1v) is 5.55. The number of allylic oxidation sites excluding steroid dienone is 2. The van der Waals surface area contributed by atoms with Crippen LogP contribution in [0.4, 0.5) is 0 Å². The molecule has 0 amide bonds. The van der Waals surface area contributed by atoms with Gasteiger partial charge in [0, 0.05) is 0 Å². The van der Waals surface area contributed by atoms with Crippen LogP contribution in [0.25, 0.3) is 5.57 Å². The summed E-state index contributed by atoms with van der Waals surface area (Å²) in [4.78, 5) is 10.4. The van der Waals surface area contributed by atoms with Gasteiger partial charge in [-0.05, 0) is 60.9 Å². The highest BCUT2D eigenvalue weighted by atomic mass is 16.1. The van der Waals surface area contributed by atoms with Gasteiger partial charge < -0.3 is 0 Å². The third kappa shape index (κ3) is 2.17. The van der Waals surface area contributed by atoms with Crippen LogP contribution in [-0.4, -0.2) is 6.29 Å². The predicted molar refractivity (Wildman–Crippen MR) is 62.8 cm³/mol. The Morgan fingerprint density at radius 1 is 1.20 bits per heavy atom. The Morgan fingerprint density at radius 3 is 2.67 bits per heavy atom. The first-order chi connectivity index (χ1) is 7.31. The maximum atomic E-state index is 10.4. The Bertz CT molecular complexity index is 402. The number of fused-ring (bicyclic) bond motifs is 1. The number of benzene rings is 1. The van der Waals surface area contributed by atoms with E-state index in [4.69, 9.17) is 0 Å². The first kappa shape index (κ1) is 10.2. The van der Waals surface area contributed by atoms with E-state index in [2.05, 4.69) is 18.2 Å². The van der Waals surface area contributed by atoms with Gasteiger partial charge in [-0.3, -0.25) is 4.79 Å². The predicted octanol–water partition coefficient (Wildman–Crippen LogP) is 3.17. The van der Waals surface area contributed by atoms with E-state index in [9.17, 15) is 4.79 Å². The molecule has 0 aliphatic heterocycles. The van der Waals surface area contributed by atoms with Crippen LogP contribution < -0.4 is 0 Å². The zero-order valence-electron chi connectivity index (χ0n) is 9.12. The molecular weight excluding hydrogens is 184 g/mol. The van der Waals surface area contributed by atoms with E-state index in [1.54, 1.807) is 6.08 Å². The van der Waals surface area contributed by atoms with Crippen LogP contribution in [0.15, 0.2) is 24.3 Å². The smallest absolute Gasteiger partial charge is 0.143 e. The fourth-order valence-electron chi connectivity index (χ4n) is 2.18. The number of aryl methyl sites for hydroxylation is 2. The molecule has 0 unspecified atom stereocenters. The fraction of sp³-hybridized carbons (Fsp3) is 0.357. The second-order valence-corrected chi connectivity index (χ2v) is 4.18. The molecule has 1 aliphatic rings. The van der Waals surface area contributed by atoms with Gasteiger partial charge >= 0.3 is 0 Å². The molecule has 0 bridgehead atoms. The maximum absolute atomic E-state index is 10.4. The van der Waals surface area contributed by atoms with Crippen LogP contribution in [0.1, 0.15) is 36.5 Å². The van der Waals surface area contributed by atoms with Crippen molar-refractivity contribution in [1.82, 2.24) is 0 Å². The van der Waals surface area contributed by atoms with Gasteiger partial charge in [-0.25, -0.2) is 0 Å². The van der Waals surface area contributed by atoms with Crippen LogP contribution in [0.2, 0.25) is 0 Å². The Hall–Kier alpha value is -1.37. The molecule has 0 heterocycles. The zero-order valence-corrected chi connectivity index (χ0v) is 9.12. The molecule has 0 aromatic heterocycles. The SMILES string of the molecule is CC(=CC=O)c1ccc2c(c1)CCCC2. The molecule has 78 valence electrons. The van der Waals surface area contributed by atoms with Crippen molar-refractivity contribution in [3.63, 3.8) is 0 Å². The lowest BCUT2D eigenvalue weighted by Gasteiger charge is -2.16. The van der Waals surface area contributed by atoms with Crippen LogP contribution in [0.5, 0.6) is 0 Å². The molecule has 1 nitrogen and oxygen atoms in total. The summed E-state index contributed by atoms with van der Waals surface area (Å²) >= 11 is 0. The summed E-state index contributed by atoms with van der Waals surface area (Å²) in [5.74, 6) is 0. The number of rotatable bonds is 2. The minimum absolute atomic E-state index is 0.856. The fourth-order valence-corrected chi connectivity index (χ4v) is 2.18. The van der Waals surface area contributed by atoms with Crippen molar-refractivity contribution in [2.24, 2.45) is 0 Å². The molecule has 0 spiro atoms. The largest absolute Gasteiger partial charge is 0.299 e. The van der Waals surface area contributed by atoms with Crippen molar-refractivity contribution < 1.29 is 4.79 Å². The number of aldehydes is 1. The molecule has 0 fully saturated rings. The van der Waals surface area contributed by atoms with Crippen molar-refractivity contribution in [2.75, 3.05) is 0 Å². The molecule has 1 aromatic carbocycles. The highest BCUT2D eigenvalue weighted by Crippen LogP contribution is 2.24. The molecule has 0 radical (unpaired) electrons. The summed E-state index contributed by atoms with van der Waals surface area (Å²) < 4.78 is 0. The van der Waals surface area contributed by atoms with Crippen molar-refractivity contribution in [1.29, 1.82) is 0 Å². The molecule has 2 rings (SSSR count). The summed E-state index contributed by atoms with van der Waals surface area (Å²) in [5, 5.41) is 0. The number of carbonyl (C=O) groups is 1. The second-order valence-electron chi connectivity index (χ2n) is 4.18. The first-order valence-electron chi connectivity index (χ1n) is 5.55. The second kappa shape index (κ2) is 4.43. The summed E-state index contributed by atoms with van der Waals surface area (Å²) in [6, 6.07) is 6.58. The summed E-state index contributed by atoms with van der Waals surface area (Å²) in [6.07, 6.45) is 7.51. The average molecular weight is 200 g/mol. The molecule has 1 aromatic rings. The van der Waals surface area contributed by atoms with E-state index in [0.29, 0.717) is 0 Å². The van der Waals surface area contributed by atoms with Gasteiger partial charge in [-0.2, -0.15) is 0 Å². The van der Waals surface area contributed by atoms with E-state index in [-0.39, 0.29) is 0 Å². The van der Waals surface area contributed by atoms with Gasteiger partial charge in [0.1, 0.15) is 6.29 Å². The summed E-state index contributed by atoms with van der Waals surface area (Å²) in [6.45, 7) is 1.99. The summed E-state index contributed by atoms with van der Waals surface area (Å²) in [7, 11) is 0. The normalized spacial score (nSPS) is 15.9. The maximum Gasteiger partial charge on any atom is 0.143 e. The molecule has 15 heavy (non-hydrogen) atoms. The van der Waals surface area contributed by atoms with E-state index in [0.717, 1.165) is 11.9 Å². The van der Waals surface area contributed by atoms with Crippen molar-refractivity contribution in [2.45, 2.75) is 32.6 Å². The average Bonchev–Trinajstić information content (AvgIpc) is 2.29. The minimum atomic E-state index is 0.856. The minimum Gasteiger partial charge on any atom is -0.299 e. The molecule has 0 N–H and O–H groups in total. The Labute approximate surface area is 90.8 Å². The molecule has 0 atom stereocenters. The van der Waals surface area contributed by atoms with Crippen LogP contribution in [0, 0.1) is 0 Å². The van der Waals surface area contributed by atoms with Crippen LogP contribution in [-0.2, 0) is 17.6 Å². The van der Waals surface area contributed by atoms with Gasteiger partial charge in [0.05, 0.1) is 0 Å². The quantitative estimate of drug-likeness (QED) is 0.529. The highest BCUT2D eigenvalue weighted by Gasteiger charge is 2.09.